The average molecular weight is 325 g/mol. The number of sulfone groups is 1. The predicted molar refractivity (Wildman–Crippen MR) is 81.0 cm³/mol. The smallest absolute Gasteiger partial charge is 0.338 e. The number of carbonyl (C=O) groups is 2. The topological polar surface area (TPSA) is 89.5 Å². The van der Waals surface area contributed by atoms with Gasteiger partial charge in [0.15, 0.2) is 15.9 Å². The Morgan fingerprint density at radius 1 is 1.27 bits per heavy atom. The van der Waals surface area contributed by atoms with Crippen molar-refractivity contribution in [1.82, 2.24) is 5.32 Å². The molecule has 0 bridgehead atoms. The Hall–Kier alpha value is -1.89. The van der Waals surface area contributed by atoms with Gasteiger partial charge in [0, 0.05) is 12.3 Å². The molecule has 22 heavy (non-hydrogen) atoms. The standard InChI is InChI=1S/C15H19NO5S/c1-10(14(17)16-13-7-8-13)21-15(18)12-5-3-11(4-6-12)9-22(2,19)20/h3-6,10,13H,7-9H2,1-2H3,(H,16,17)/t10-/m0/s1. The van der Waals surface area contributed by atoms with Crippen LogP contribution in [0.15, 0.2) is 24.3 Å². The molecule has 0 radical (unpaired) electrons. The third-order valence-corrected chi connectivity index (χ3v) is 4.05. The Kier molecular flexibility index (Phi) is 4.85. The summed E-state index contributed by atoms with van der Waals surface area (Å²) in [5, 5.41) is 2.76. The summed E-state index contributed by atoms with van der Waals surface area (Å²) in [6.07, 6.45) is 2.22. The monoisotopic (exact) mass is 325 g/mol. The van der Waals surface area contributed by atoms with Gasteiger partial charge in [0.25, 0.3) is 5.91 Å². The maximum absolute atomic E-state index is 11.9. The van der Waals surface area contributed by atoms with Gasteiger partial charge in [-0.1, -0.05) is 12.1 Å². The fraction of sp³-hybridized carbons (Fsp3) is 0.467. The molecule has 1 aromatic rings. The normalized spacial score (nSPS) is 15.9. The lowest BCUT2D eigenvalue weighted by Crippen LogP contribution is -2.37. The number of ether oxygens (including phenoxy) is 1. The molecule has 1 atom stereocenters. The first-order chi connectivity index (χ1) is 10.2. The van der Waals surface area contributed by atoms with Crippen LogP contribution in [0.2, 0.25) is 0 Å². The van der Waals surface area contributed by atoms with Gasteiger partial charge in [0.05, 0.1) is 11.3 Å². The highest BCUT2D eigenvalue weighted by Gasteiger charge is 2.27. The van der Waals surface area contributed by atoms with Gasteiger partial charge in [-0.25, -0.2) is 13.2 Å². The maximum atomic E-state index is 11.9. The van der Waals surface area contributed by atoms with Gasteiger partial charge >= 0.3 is 5.97 Å². The van der Waals surface area contributed by atoms with Crippen LogP contribution in [0.4, 0.5) is 0 Å². The van der Waals surface area contributed by atoms with Crippen molar-refractivity contribution in [3.05, 3.63) is 35.4 Å². The minimum absolute atomic E-state index is 0.0808. The van der Waals surface area contributed by atoms with Crippen molar-refractivity contribution in [3.8, 4) is 0 Å². The van der Waals surface area contributed by atoms with E-state index in [4.69, 9.17) is 4.74 Å². The quantitative estimate of drug-likeness (QED) is 0.790. The van der Waals surface area contributed by atoms with Crippen LogP contribution in [0.3, 0.4) is 0 Å². The van der Waals surface area contributed by atoms with Crippen LogP contribution >= 0.6 is 0 Å². The fourth-order valence-electron chi connectivity index (χ4n) is 1.87. The summed E-state index contributed by atoms with van der Waals surface area (Å²) in [4.78, 5) is 23.7. The second-order valence-electron chi connectivity index (χ2n) is 5.60. The minimum Gasteiger partial charge on any atom is -0.449 e. The van der Waals surface area contributed by atoms with Crippen LogP contribution in [-0.2, 0) is 25.1 Å². The molecule has 1 N–H and O–H groups in total. The van der Waals surface area contributed by atoms with Crippen molar-refractivity contribution < 1.29 is 22.7 Å². The molecule has 7 heteroatoms. The van der Waals surface area contributed by atoms with Crippen LogP contribution in [0.5, 0.6) is 0 Å². The molecule has 0 aliphatic heterocycles. The highest BCUT2D eigenvalue weighted by Crippen LogP contribution is 2.19. The van der Waals surface area contributed by atoms with Gasteiger partial charge in [0.1, 0.15) is 0 Å². The molecule has 1 aliphatic rings. The first-order valence-electron chi connectivity index (χ1n) is 7.02. The van der Waals surface area contributed by atoms with E-state index in [2.05, 4.69) is 5.32 Å². The van der Waals surface area contributed by atoms with Crippen LogP contribution < -0.4 is 5.32 Å². The first kappa shape index (κ1) is 16.5. The highest BCUT2D eigenvalue weighted by molar-refractivity contribution is 7.89. The van der Waals surface area contributed by atoms with Crippen molar-refractivity contribution in [2.75, 3.05) is 6.26 Å². The van der Waals surface area contributed by atoms with Gasteiger partial charge in [-0.2, -0.15) is 0 Å². The van der Waals surface area contributed by atoms with E-state index in [1.807, 2.05) is 0 Å². The predicted octanol–water partition coefficient (Wildman–Crippen LogP) is 1.06. The number of esters is 1. The largest absolute Gasteiger partial charge is 0.449 e. The van der Waals surface area contributed by atoms with E-state index in [1.165, 1.54) is 19.1 Å². The Bertz CT molecular complexity index is 662. The number of benzene rings is 1. The van der Waals surface area contributed by atoms with Crippen molar-refractivity contribution in [2.45, 2.75) is 37.7 Å². The Balaban J connectivity index is 1.92. The number of amides is 1. The van der Waals surface area contributed by atoms with Crippen molar-refractivity contribution >= 4 is 21.7 Å². The molecule has 6 nitrogen and oxygen atoms in total. The average Bonchev–Trinajstić information content (AvgIpc) is 3.21. The molecular formula is C15H19NO5S. The van der Waals surface area contributed by atoms with Crippen molar-refractivity contribution in [1.29, 1.82) is 0 Å². The van der Waals surface area contributed by atoms with Crippen molar-refractivity contribution in [3.63, 3.8) is 0 Å². The molecular weight excluding hydrogens is 306 g/mol. The van der Waals surface area contributed by atoms with E-state index in [9.17, 15) is 18.0 Å². The minimum atomic E-state index is -3.12. The van der Waals surface area contributed by atoms with Crippen molar-refractivity contribution in [2.24, 2.45) is 0 Å². The Morgan fingerprint density at radius 2 is 1.86 bits per heavy atom. The number of carbonyl (C=O) groups excluding carboxylic acids is 2. The van der Waals surface area contributed by atoms with E-state index in [0.29, 0.717) is 5.56 Å². The molecule has 0 spiro atoms. The molecule has 0 unspecified atom stereocenters. The lowest BCUT2D eigenvalue weighted by molar-refractivity contribution is -0.129. The van der Waals surface area contributed by atoms with Gasteiger partial charge in [-0.15, -0.1) is 0 Å². The number of hydrogen-bond acceptors (Lipinski definition) is 5. The zero-order valence-corrected chi connectivity index (χ0v) is 13.4. The summed E-state index contributed by atoms with van der Waals surface area (Å²) in [5.74, 6) is -0.989. The number of nitrogens with one attached hydrogen (secondary N) is 1. The summed E-state index contributed by atoms with van der Waals surface area (Å²) < 4.78 is 27.5. The molecule has 1 aliphatic carbocycles. The molecule has 2 rings (SSSR count). The zero-order valence-electron chi connectivity index (χ0n) is 12.5. The zero-order chi connectivity index (χ0) is 16.3. The molecule has 1 saturated carbocycles. The molecule has 0 aromatic heterocycles. The first-order valence-corrected chi connectivity index (χ1v) is 9.08. The SMILES string of the molecule is C[C@H](OC(=O)c1ccc(CS(C)(=O)=O)cc1)C(=O)NC1CC1. The number of hydrogen-bond donors (Lipinski definition) is 1. The van der Waals surface area contributed by atoms with Gasteiger partial charge in [0.2, 0.25) is 0 Å². The van der Waals surface area contributed by atoms with Crippen LogP contribution in [0, 0.1) is 0 Å². The van der Waals surface area contributed by atoms with Crippen LogP contribution in [0.1, 0.15) is 35.7 Å². The third kappa shape index (κ3) is 5.14. The molecule has 1 amide bonds. The Morgan fingerprint density at radius 3 is 2.36 bits per heavy atom. The molecule has 1 aromatic carbocycles. The number of rotatable bonds is 6. The molecule has 0 heterocycles. The van der Waals surface area contributed by atoms with Crippen LogP contribution in [-0.4, -0.2) is 38.7 Å². The maximum Gasteiger partial charge on any atom is 0.338 e. The molecule has 0 saturated heterocycles. The second kappa shape index (κ2) is 6.48. The van der Waals surface area contributed by atoms with Crippen LogP contribution in [0.25, 0.3) is 0 Å². The lowest BCUT2D eigenvalue weighted by Gasteiger charge is -2.13. The summed E-state index contributed by atoms with van der Waals surface area (Å²) in [6, 6.07) is 6.32. The highest BCUT2D eigenvalue weighted by atomic mass is 32.2. The summed E-state index contributed by atoms with van der Waals surface area (Å²) in [5.41, 5.74) is 0.877. The van der Waals surface area contributed by atoms with E-state index in [0.717, 1.165) is 19.1 Å². The summed E-state index contributed by atoms with van der Waals surface area (Å²) in [7, 11) is -3.12. The van der Waals surface area contributed by atoms with Gasteiger partial charge in [-0.05, 0) is 37.5 Å². The summed E-state index contributed by atoms with van der Waals surface area (Å²) >= 11 is 0. The lowest BCUT2D eigenvalue weighted by atomic mass is 10.1. The Labute approximate surface area is 129 Å². The van der Waals surface area contributed by atoms with E-state index in [1.54, 1.807) is 12.1 Å². The van der Waals surface area contributed by atoms with E-state index >= 15 is 0 Å². The third-order valence-electron chi connectivity index (χ3n) is 3.20. The second-order valence-corrected chi connectivity index (χ2v) is 7.74. The van der Waals surface area contributed by atoms with Gasteiger partial charge < -0.3 is 10.1 Å². The van der Waals surface area contributed by atoms with E-state index in [-0.39, 0.29) is 23.3 Å². The molecule has 120 valence electrons. The fourth-order valence-corrected chi connectivity index (χ4v) is 2.67. The van der Waals surface area contributed by atoms with E-state index < -0.39 is 21.9 Å². The molecule has 1 fully saturated rings. The van der Waals surface area contributed by atoms with Gasteiger partial charge in [-0.3, -0.25) is 4.79 Å². The summed E-state index contributed by atoms with van der Waals surface area (Å²) in [6.45, 7) is 1.52.